The first-order valence-electron chi connectivity index (χ1n) is 9.13. The highest BCUT2D eigenvalue weighted by molar-refractivity contribution is 6.30. The normalized spacial score (nSPS) is 11.2. The van der Waals surface area contributed by atoms with E-state index in [-0.39, 0.29) is 5.75 Å². The van der Waals surface area contributed by atoms with E-state index in [2.05, 4.69) is 10.6 Å². The number of halogens is 1. The molecule has 0 atom stereocenters. The maximum Gasteiger partial charge on any atom is 0.338 e. The average molecular weight is 394 g/mol. The van der Waals surface area contributed by atoms with Crippen LogP contribution in [0.4, 0.5) is 0 Å². The Balaban J connectivity index is 2.09. The van der Waals surface area contributed by atoms with E-state index in [0.29, 0.717) is 27.9 Å². The monoisotopic (exact) mass is 393 g/mol. The van der Waals surface area contributed by atoms with Crippen LogP contribution in [-0.2, 0) is 17.7 Å². The summed E-state index contributed by atoms with van der Waals surface area (Å²) in [6, 6.07) is 17.0. The number of esters is 1. The number of nitrogens with zero attached hydrogens (tertiary/aromatic N) is 1. The number of ether oxygens (including phenoxy) is 1. The molecular formula is C23H20ClNO3. The summed E-state index contributed by atoms with van der Waals surface area (Å²) in [5.41, 5.74) is 4.25. The van der Waals surface area contributed by atoms with E-state index >= 15 is 0 Å². The number of aromatic nitrogens is 1. The first-order valence-corrected chi connectivity index (χ1v) is 9.50. The molecule has 4 aromatic rings. The summed E-state index contributed by atoms with van der Waals surface area (Å²) in [6.07, 6.45) is 0.798. The van der Waals surface area contributed by atoms with Crippen LogP contribution in [0.25, 0.3) is 21.8 Å². The van der Waals surface area contributed by atoms with Crippen molar-refractivity contribution < 1.29 is 14.6 Å². The van der Waals surface area contributed by atoms with Gasteiger partial charge in [-0.2, -0.15) is 0 Å². The lowest BCUT2D eigenvalue weighted by Crippen LogP contribution is -2.02. The molecule has 0 aliphatic carbocycles. The van der Waals surface area contributed by atoms with E-state index in [1.807, 2.05) is 43.3 Å². The lowest BCUT2D eigenvalue weighted by molar-refractivity contribution is 0.0603. The third-order valence-electron chi connectivity index (χ3n) is 5.07. The zero-order chi connectivity index (χ0) is 19.8. The second kappa shape index (κ2) is 7.21. The van der Waals surface area contributed by atoms with Crippen molar-refractivity contribution in [1.29, 1.82) is 0 Å². The lowest BCUT2D eigenvalue weighted by atomic mass is 10.0. The topological polar surface area (TPSA) is 51.5 Å². The Morgan fingerprint density at radius 2 is 1.82 bits per heavy atom. The van der Waals surface area contributed by atoms with Crippen molar-refractivity contribution in [3.8, 4) is 5.75 Å². The number of phenols is 1. The van der Waals surface area contributed by atoms with E-state index in [1.54, 1.807) is 12.1 Å². The fraction of sp³-hybridized carbons (Fsp3) is 0.174. The first kappa shape index (κ1) is 18.4. The van der Waals surface area contributed by atoms with E-state index < -0.39 is 5.97 Å². The van der Waals surface area contributed by atoms with Gasteiger partial charge in [-0.3, -0.25) is 0 Å². The largest absolute Gasteiger partial charge is 0.507 e. The molecule has 1 aromatic heterocycles. The predicted octanol–water partition coefficient (Wildman–Crippen LogP) is 5.55. The Hall–Kier alpha value is -2.98. The molecule has 0 bridgehead atoms. The molecule has 0 saturated heterocycles. The van der Waals surface area contributed by atoms with Gasteiger partial charge < -0.3 is 14.4 Å². The van der Waals surface area contributed by atoms with Gasteiger partial charge in [0.15, 0.2) is 0 Å². The molecule has 0 aliphatic heterocycles. The number of carbonyl (C=O) groups excluding carboxylic acids is 1. The average Bonchev–Trinajstić information content (AvgIpc) is 3.01. The van der Waals surface area contributed by atoms with Gasteiger partial charge in [-0.1, -0.05) is 36.7 Å². The highest BCUT2D eigenvalue weighted by atomic mass is 35.5. The van der Waals surface area contributed by atoms with Crippen molar-refractivity contribution in [1.82, 2.24) is 4.57 Å². The molecule has 0 fully saturated rings. The maximum atomic E-state index is 12.4. The molecule has 4 rings (SSSR count). The summed E-state index contributed by atoms with van der Waals surface area (Å²) in [4.78, 5) is 12.4. The Morgan fingerprint density at radius 3 is 2.54 bits per heavy atom. The predicted molar refractivity (Wildman–Crippen MR) is 112 cm³/mol. The number of phenolic OH excluding ortho intramolecular Hbond substituents is 1. The Labute approximate surface area is 167 Å². The van der Waals surface area contributed by atoms with Crippen molar-refractivity contribution in [2.45, 2.75) is 19.9 Å². The van der Waals surface area contributed by atoms with E-state index in [4.69, 9.17) is 16.3 Å². The summed E-state index contributed by atoms with van der Waals surface area (Å²) in [5.74, 6) is -0.257. The molecule has 1 heterocycles. The van der Waals surface area contributed by atoms with Gasteiger partial charge in [0.2, 0.25) is 0 Å². The minimum absolute atomic E-state index is 0.167. The molecule has 3 aromatic carbocycles. The van der Waals surface area contributed by atoms with Crippen molar-refractivity contribution >= 4 is 39.4 Å². The smallest absolute Gasteiger partial charge is 0.338 e. The van der Waals surface area contributed by atoms with Crippen molar-refractivity contribution in [2.24, 2.45) is 0 Å². The number of hydrogen-bond acceptors (Lipinski definition) is 3. The van der Waals surface area contributed by atoms with Gasteiger partial charge in [0, 0.05) is 17.0 Å². The highest BCUT2D eigenvalue weighted by Crippen LogP contribution is 2.39. The van der Waals surface area contributed by atoms with E-state index in [1.165, 1.54) is 7.11 Å². The van der Waals surface area contributed by atoms with Crippen LogP contribution in [0.1, 0.15) is 28.4 Å². The van der Waals surface area contributed by atoms with Gasteiger partial charge in [-0.05, 0) is 53.9 Å². The maximum absolute atomic E-state index is 12.4. The van der Waals surface area contributed by atoms with Crippen LogP contribution in [0, 0.1) is 0 Å². The van der Waals surface area contributed by atoms with Crippen molar-refractivity contribution in [2.75, 3.05) is 7.11 Å². The summed E-state index contributed by atoms with van der Waals surface area (Å²) in [6.45, 7) is 2.61. The second-order valence-electron chi connectivity index (χ2n) is 6.77. The summed E-state index contributed by atoms with van der Waals surface area (Å²) in [7, 11) is 1.36. The SMILES string of the molecule is CCc1cc(O)c2c3c(C(=O)OC)cccc3n(Cc3cccc(Cl)c3)c2c1. The fourth-order valence-electron chi connectivity index (χ4n) is 3.77. The van der Waals surface area contributed by atoms with E-state index in [9.17, 15) is 9.90 Å². The van der Waals surface area contributed by atoms with Gasteiger partial charge in [-0.15, -0.1) is 0 Å². The summed E-state index contributed by atoms with van der Waals surface area (Å²) < 4.78 is 7.09. The third kappa shape index (κ3) is 3.00. The van der Waals surface area contributed by atoms with Crippen LogP contribution >= 0.6 is 11.6 Å². The zero-order valence-corrected chi connectivity index (χ0v) is 16.5. The van der Waals surface area contributed by atoms with Crippen LogP contribution in [0.5, 0.6) is 5.75 Å². The molecule has 5 heteroatoms. The molecule has 4 nitrogen and oxygen atoms in total. The Morgan fingerprint density at radius 1 is 1.04 bits per heavy atom. The molecule has 0 saturated carbocycles. The van der Waals surface area contributed by atoms with Gasteiger partial charge in [-0.25, -0.2) is 4.79 Å². The number of methoxy groups -OCH3 is 1. The number of rotatable bonds is 4. The number of aromatic hydroxyl groups is 1. The fourth-order valence-corrected chi connectivity index (χ4v) is 3.98. The highest BCUT2D eigenvalue weighted by Gasteiger charge is 2.21. The lowest BCUT2D eigenvalue weighted by Gasteiger charge is -2.09. The van der Waals surface area contributed by atoms with Gasteiger partial charge in [0.05, 0.1) is 29.1 Å². The number of hydrogen-bond donors (Lipinski definition) is 1. The molecule has 142 valence electrons. The number of benzene rings is 3. The van der Waals surface area contributed by atoms with Crippen LogP contribution in [-0.4, -0.2) is 22.8 Å². The van der Waals surface area contributed by atoms with Crippen LogP contribution < -0.4 is 0 Å². The van der Waals surface area contributed by atoms with E-state index in [0.717, 1.165) is 28.6 Å². The van der Waals surface area contributed by atoms with Crippen molar-refractivity contribution in [3.05, 3.63) is 76.3 Å². The third-order valence-corrected chi connectivity index (χ3v) is 5.31. The number of aryl methyl sites for hydroxylation is 1. The van der Waals surface area contributed by atoms with Crippen LogP contribution in [0.2, 0.25) is 5.02 Å². The minimum Gasteiger partial charge on any atom is -0.507 e. The van der Waals surface area contributed by atoms with Crippen LogP contribution in [0.15, 0.2) is 54.6 Å². The second-order valence-corrected chi connectivity index (χ2v) is 7.21. The number of fused-ring (bicyclic) bond motifs is 3. The molecule has 0 unspecified atom stereocenters. The molecule has 1 N–H and O–H groups in total. The Kier molecular flexibility index (Phi) is 4.73. The standard InChI is InChI=1S/C23H20ClNO3/c1-3-14-11-19-22(20(26)12-14)21-17(23(27)28-2)8-5-9-18(21)25(19)13-15-6-4-7-16(24)10-15/h4-12,26H,3,13H2,1-2H3. The van der Waals surface area contributed by atoms with Gasteiger partial charge in [0.1, 0.15) is 5.75 Å². The molecule has 0 spiro atoms. The van der Waals surface area contributed by atoms with Gasteiger partial charge in [0.25, 0.3) is 0 Å². The molecule has 0 amide bonds. The molecule has 28 heavy (non-hydrogen) atoms. The number of carbonyl (C=O) groups is 1. The Bertz CT molecular complexity index is 1210. The molecule has 0 radical (unpaired) electrons. The first-order chi connectivity index (χ1) is 13.5. The van der Waals surface area contributed by atoms with Crippen molar-refractivity contribution in [3.63, 3.8) is 0 Å². The minimum atomic E-state index is -0.425. The van der Waals surface area contributed by atoms with Gasteiger partial charge >= 0.3 is 5.97 Å². The molecule has 0 aliphatic rings. The molecular weight excluding hydrogens is 374 g/mol. The van der Waals surface area contributed by atoms with Crippen LogP contribution in [0.3, 0.4) is 0 Å². The zero-order valence-electron chi connectivity index (χ0n) is 15.7. The quantitative estimate of drug-likeness (QED) is 0.462. The summed E-state index contributed by atoms with van der Waals surface area (Å²) in [5, 5.41) is 12.8. The summed E-state index contributed by atoms with van der Waals surface area (Å²) >= 11 is 6.17.